The molecule has 1 aromatic rings. The van der Waals surface area contributed by atoms with Gasteiger partial charge in [0.1, 0.15) is 0 Å². The predicted molar refractivity (Wildman–Crippen MR) is 67.0 cm³/mol. The number of nitrogens with one attached hydrogen (secondary N) is 1. The van der Waals surface area contributed by atoms with Crippen molar-refractivity contribution in [3.8, 4) is 0 Å². The van der Waals surface area contributed by atoms with Gasteiger partial charge in [-0.05, 0) is 25.8 Å². The third kappa shape index (κ3) is 2.02. The minimum atomic E-state index is -0.235. The van der Waals surface area contributed by atoms with Crippen molar-refractivity contribution >= 4 is 5.78 Å². The van der Waals surface area contributed by atoms with Gasteiger partial charge < -0.3 is 5.32 Å². The Balaban J connectivity index is 2.28. The number of nitrogens with zero attached hydrogens (tertiary/aromatic N) is 2. The Morgan fingerprint density at radius 2 is 2.41 bits per heavy atom. The third-order valence-corrected chi connectivity index (χ3v) is 3.97. The van der Waals surface area contributed by atoms with Crippen LogP contribution in [0.2, 0.25) is 0 Å². The fourth-order valence-corrected chi connectivity index (χ4v) is 2.60. The topological polar surface area (TPSA) is 46.9 Å². The standard InChI is InChI=1S/C13H21N3O/c1-4-16-8-11(7-15-16)12(17)13(10(2)3)5-6-14-9-13/h7-8,10,14H,4-6,9H2,1-3H3. The first-order chi connectivity index (χ1) is 8.10. The maximum atomic E-state index is 12.6. The van der Waals surface area contributed by atoms with Crippen molar-refractivity contribution < 1.29 is 4.79 Å². The van der Waals surface area contributed by atoms with Gasteiger partial charge in [0.2, 0.25) is 0 Å². The Bertz CT molecular complexity index is 403. The fraction of sp³-hybridized carbons (Fsp3) is 0.692. The van der Waals surface area contributed by atoms with E-state index in [-0.39, 0.29) is 11.2 Å². The second-order valence-electron chi connectivity index (χ2n) is 5.15. The van der Waals surface area contributed by atoms with Crippen LogP contribution in [0.25, 0.3) is 0 Å². The number of carbonyl (C=O) groups is 1. The van der Waals surface area contributed by atoms with Crippen molar-refractivity contribution in [1.29, 1.82) is 0 Å². The molecule has 0 radical (unpaired) electrons. The monoisotopic (exact) mass is 235 g/mol. The molecule has 0 amide bonds. The van der Waals surface area contributed by atoms with Gasteiger partial charge in [0.15, 0.2) is 5.78 Å². The van der Waals surface area contributed by atoms with E-state index in [9.17, 15) is 4.79 Å². The molecule has 0 aromatic carbocycles. The lowest BCUT2D eigenvalue weighted by atomic mass is 9.71. The molecule has 94 valence electrons. The van der Waals surface area contributed by atoms with Gasteiger partial charge >= 0.3 is 0 Å². The largest absolute Gasteiger partial charge is 0.316 e. The smallest absolute Gasteiger partial charge is 0.173 e. The van der Waals surface area contributed by atoms with Crippen LogP contribution in [0.1, 0.15) is 37.6 Å². The summed E-state index contributed by atoms with van der Waals surface area (Å²) >= 11 is 0. The Morgan fingerprint density at radius 3 is 2.88 bits per heavy atom. The van der Waals surface area contributed by atoms with Crippen LogP contribution >= 0.6 is 0 Å². The van der Waals surface area contributed by atoms with E-state index in [1.165, 1.54) is 0 Å². The lowest BCUT2D eigenvalue weighted by Crippen LogP contribution is -2.38. The Hall–Kier alpha value is -1.16. The summed E-state index contributed by atoms with van der Waals surface area (Å²) in [5.74, 6) is 0.604. The summed E-state index contributed by atoms with van der Waals surface area (Å²) in [4.78, 5) is 12.6. The van der Waals surface area contributed by atoms with E-state index in [4.69, 9.17) is 0 Å². The molecular formula is C13H21N3O. The van der Waals surface area contributed by atoms with Crippen molar-refractivity contribution in [3.63, 3.8) is 0 Å². The molecule has 1 aliphatic heterocycles. The van der Waals surface area contributed by atoms with E-state index < -0.39 is 0 Å². The highest BCUT2D eigenvalue weighted by Crippen LogP contribution is 2.37. The van der Waals surface area contributed by atoms with Crippen molar-refractivity contribution in [2.45, 2.75) is 33.7 Å². The molecule has 1 fully saturated rings. The maximum absolute atomic E-state index is 12.6. The highest BCUT2D eigenvalue weighted by molar-refractivity contribution is 6.00. The molecule has 0 saturated carbocycles. The quantitative estimate of drug-likeness (QED) is 0.808. The van der Waals surface area contributed by atoms with Gasteiger partial charge in [-0.1, -0.05) is 13.8 Å². The molecule has 1 aliphatic rings. The van der Waals surface area contributed by atoms with E-state index >= 15 is 0 Å². The second-order valence-corrected chi connectivity index (χ2v) is 5.15. The van der Waals surface area contributed by atoms with Crippen molar-refractivity contribution in [3.05, 3.63) is 18.0 Å². The highest BCUT2D eigenvalue weighted by atomic mass is 16.1. The zero-order valence-corrected chi connectivity index (χ0v) is 10.9. The van der Waals surface area contributed by atoms with Gasteiger partial charge in [-0.15, -0.1) is 0 Å². The molecule has 4 heteroatoms. The highest BCUT2D eigenvalue weighted by Gasteiger charge is 2.44. The number of aryl methyl sites for hydroxylation is 1. The summed E-state index contributed by atoms with van der Waals surface area (Å²) in [7, 11) is 0. The van der Waals surface area contributed by atoms with Crippen LogP contribution in [0.15, 0.2) is 12.4 Å². The van der Waals surface area contributed by atoms with Gasteiger partial charge in [-0.25, -0.2) is 0 Å². The average molecular weight is 235 g/mol. The van der Waals surface area contributed by atoms with Gasteiger partial charge in [0.05, 0.1) is 11.8 Å². The maximum Gasteiger partial charge on any atom is 0.173 e. The van der Waals surface area contributed by atoms with Crippen molar-refractivity contribution in [2.24, 2.45) is 11.3 Å². The molecule has 1 aromatic heterocycles. The molecule has 2 heterocycles. The van der Waals surface area contributed by atoms with Gasteiger partial charge in [0.25, 0.3) is 0 Å². The van der Waals surface area contributed by atoms with Crippen LogP contribution in [-0.4, -0.2) is 28.7 Å². The second kappa shape index (κ2) is 4.61. The molecule has 1 atom stereocenters. The molecule has 1 N–H and O–H groups in total. The average Bonchev–Trinajstić information content (AvgIpc) is 2.98. The van der Waals surface area contributed by atoms with Gasteiger partial charge in [-0.2, -0.15) is 5.10 Å². The third-order valence-electron chi connectivity index (χ3n) is 3.97. The van der Waals surface area contributed by atoms with Crippen LogP contribution in [0.3, 0.4) is 0 Å². The summed E-state index contributed by atoms with van der Waals surface area (Å²) in [6, 6.07) is 0. The molecule has 17 heavy (non-hydrogen) atoms. The summed E-state index contributed by atoms with van der Waals surface area (Å²) in [5, 5.41) is 7.51. The zero-order valence-electron chi connectivity index (χ0n) is 10.9. The van der Waals surface area contributed by atoms with Crippen LogP contribution in [0, 0.1) is 11.3 Å². The van der Waals surface area contributed by atoms with E-state index in [1.807, 2.05) is 17.8 Å². The number of ketones is 1. The lowest BCUT2D eigenvalue weighted by molar-refractivity contribution is 0.0740. The number of Topliss-reactive ketones (excluding diaryl/α,β-unsaturated/α-hetero) is 1. The Kier molecular flexibility index (Phi) is 3.33. The predicted octanol–water partition coefficient (Wildman–Crippen LogP) is 1.72. The molecule has 1 saturated heterocycles. The summed E-state index contributed by atoms with van der Waals surface area (Å²) < 4.78 is 1.81. The number of hydrogen-bond donors (Lipinski definition) is 1. The van der Waals surface area contributed by atoms with Crippen LogP contribution < -0.4 is 5.32 Å². The lowest BCUT2D eigenvalue weighted by Gasteiger charge is -2.30. The van der Waals surface area contributed by atoms with Crippen LogP contribution in [0.5, 0.6) is 0 Å². The molecule has 4 nitrogen and oxygen atoms in total. The van der Waals surface area contributed by atoms with Crippen LogP contribution in [-0.2, 0) is 6.54 Å². The van der Waals surface area contributed by atoms with E-state index in [1.54, 1.807) is 6.20 Å². The zero-order chi connectivity index (χ0) is 12.5. The van der Waals surface area contributed by atoms with Crippen molar-refractivity contribution in [1.82, 2.24) is 15.1 Å². The summed E-state index contributed by atoms with van der Waals surface area (Å²) in [5.41, 5.74) is 0.519. The molecule has 0 spiro atoms. The molecule has 1 unspecified atom stereocenters. The molecule has 0 aliphatic carbocycles. The van der Waals surface area contributed by atoms with E-state index in [2.05, 4.69) is 24.3 Å². The summed E-state index contributed by atoms with van der Waals surface area (Å²) in [6.07, 6.45) is 4.50. The SMILES string of the molecule is CCn1cc(C(=O)C2(C(C)C)CCNC2)cn1. The number of hydrogen-bond acceptors (Lipinski definition) is 3. The number of rotatable bonds is 4. The summed E-state index contributed by atoms with van der Waals surface area (Å²) in [6.45, 7) is 8.83. The van der Waals surface area contributed by atoms with Gasteiger partial charge in [-0.3, -0.25) is 9.48 Å². The van der Waals surface area contributed by atoms with Gasteiger partial charge in [0, 0.05) is 24.7 Å². The first kappa shape index (κ1) is 12.3. The number of carbonyl (C=O) groups excluding carboxylic acids is 1. The minimum Gasteiger partial charge on any atom is -0.316 e. The molecule has 2 rings (SSSR count). The van der Waals surface area contributed by atoms with E-state index in [0.717, 1.165) is 31.6 Å². The van der Waals surface area contributed by atoms with Crippen molar-refractivity contribution in [2.75, 3.05) is 13.1 Å². The minimum absolute atomic E-state index is 0.235. The fourth-order valence-electron chi connectivity index (χ4n) is 2.60. The normalized spacial score (nSPS) is 24.5. The van der Waals surface area contributed by atoms with E-state index in [0.29, 0.717) is 5.92 Å². The Morgan fingerprint density at radius 1 is 1.65 bits per heavy atom. The van der Waals surface area contributed by atoms with Crippen LogP contribution in [0.4, 0.5) is 0 Å². The molecular weight excluding hydrogens is 214 g/mol. The Labute approximate surface area is 102 Å². The first-order valence-electron chi connectivity index (χ1n) is 6.38. The number of aromatic nitrogens is 2. The first-order valence-corrected chi connectivity index (χ1v) is 6.38. The molecule has 0 bridgehead atoms.